The van der Waals surface area contributed by atoms with Crippen LogP contribution in [-0.4, -0.2) is 69.1 Å². The highest BCUT2D eigenvalue weighted by atomic mass is 16.7. The second kappa shape index (κ2) is 10.8. The van der Waals surface area contributed by atoms with Crippen LogP contribution in [0.5, 0.6) is 11.5 Å². The molecule has 0 spiro atoms. The lowest BCUT2D eigenvalue weighted by Gasteiger charge is -2.24. The lowest BCUT2D eigenvalue weighted by atomic mass is 10.1. The zero-order valence-electron chi connectivity index (χ0n) is 22.4. The number of carbonyl (C=O) groups excluding carboxylic acids is 2. The molecule has 0 radical (unpaired) electrons. The van der Waals surface area contributed by atoms with Crippen molar-refractivity contribution < 1.29 is 29.0 Å². The zero-order valence-corrected chi connectivity index (χ0v) is 22.4. The number of anilines is 1. The predicted octanol–water partition coefficient (Wildman–Crippen LogP) is 3.40. The van der Waals surface area contributed by atoms with E-state index in [1.807, 2.05) is 42.5 Å². The topological polar surface area (TPSA) is 137 Å². The molecule has 0 aliphatic carbocycles. The number of aromatic amines is 1. The zero-order chi connectivity index (χ0) is 28.5. The number of aliphatic carboxylic acids is 1. The number of benzene rings is 3. The maximum Gasteiger partial charge on any atom is 0.305 e. The minimum atomic E-state index is -1.07. The van der Waals surface area contributed by atoms with Crippen molar-refractivity contribution in [3.8, 4) is 11.5 Å². The van der Waals surface area contributed by atoms with Crippen LogP contribution in [0.25, 0.3) is 11.0 Å². The van der Waals surface area contributed by atoms with E-state index in [9.17, 15) is 19.5 Å². The Hall–Kier alpha value is -5.06. The van der Waals surface area contributed by atoms with Crippen LogP contribution in [0, 0.1) is 0 Å². The van der Waals surface area contributed by atoms with Gasteiger partial charge in [0.25, 0.3) is 5.91 Å². The fraction of sp³-hybridized carbons (Fsp3) is 0.267. The van der Waals surface area contributed by atoms with E-state index in [4.69, 9.17) is 9.47 Å². The van der Waals surface area contributed by atoms with Gasteiger partial charge >= 0.3 is 5.97 Å². The Kier molecular flexibility index (Phi) is 6.92. The SMILES string of the molecule is CN(Cc1nc2ccccc2[nH]1)C(=O)c1ccc2c(c1)CN(CCc1ccc3c(c1)OCO3)C(=O)[C@H](CC(=O)O)N2. The van der Waals surface area contributed by atoms with Gasteiger partial charge in [0.15, 0.2) is 11.5 Å². The molecule has 6 rings (SSSR count). The summed E-state index contributed by atoms with van der Waals surface area (Å²) in [5, 5.41) is 12.6. The lowest BCUT2D eigenvalue weighted by Crippen LogP contribution is -2.42. The molecule has 0 bridgehead atoms. The van der Waals surface area contributed by atoms with E-state index >= 15 is 0 Å². The van der Waals surface area contributed by atoms with E-state index in [2.05, 4.69) is 15.3 Å². The van der Waals surface area contributed by atoms with Gasteiger partial charge in [-0.25, -0.2) is 4.98 Å². The molecular formula is C30H29N5O6. The molecule has 0 fully saturated rings. The van der Waals surface area contributed by atoms with Crippen molar-refractivity contribution in [2.45, 2.75) is 32.0 Å². The van der Waals surface area contributed by atoms with Crippen molar-refractivity contribution in [2.75, 3.05) is 25.7 Å². The molecule has 0 saturated carbocycles. The Morgan fingerprint density at radius 2 is 1.93 bits per heavy atom. The number of aromatic nitrogens is 2. The number of hydrogen-bond donors (Lipinski definition) is 3. The standard InChI is InChI=1S/C30H29N5O6/c1-34(16-27-32-22-4-2-3-5-23(22)33-27)29(38)19-7-8-21-20(13-19)15-35(30(39)24(31-21)14-28(36)37)11-10-18-6-9-25-26(12-18)41-17-40-25/h2-9,12-13,24,31H,10-11,14-17H2,1H3,(H,32,33)(H,36,37)/t24-/m0/s1. The third-order valence-electron chi connectivity index (χ3n) is 7.31. The molecule has 2 aliphatic rings. The summed E-state index contributed by atoms with van der Waals surface area (Å²) in [4.78, 5) is 49.4. The average Bonchev–Trinajstić information content (AvgIpc) is 3.57. The summed E-state index contributed by atoms with van der Waals surface area (Å²) in [7, 11) is 1.71. The number of nitrogens with zero attached hydrogens (tertiary/aromatic N) is 3. The van der Waals surface area contributed by atoms with Crippen LogP contribution in [-0.2, 0) is 29.1 Å². The van der Waals surface area contributed by atoms with Crippen LogP contribution >= 0.6 is 0 Å². The van der Waals surface area contributed by atoms with Crippen LogP contribution < -0.4 is 14.8 Å². The molecule has 4 aromatic rings. The molecule has 11 heteroatoms. The third kappa shape index (κ3) is 5.51. The highest BCUT2D eigenvalue weighted by Crippen LogP contribution is 2.33. The van der Waals surface area contributed by atoms with Gasteiger partial charge in [-0.15, -0.1) is 0 Å². The Balaban J connectivity index is 1.21. The van der Waals surface area contributed by atoms with Crippen LogP contribution in [0.2, 0.25) is 0 Å². The van der Waals surface area contributed by atoms with Crippen LogP contribution in [0.15, 0.2) is 60.7 Å². The van der Waals surface area contributed by atoms with Crippen molar-refractivity contribution in [2.24, 2.45) is 0 Å². The monoisotopic (exact) mass is 555 g/mol. The van der Waals surface area contributed by atoms with Crippen LogP contribution in [0.4, 0.5) is 5.69 Å². The first-order valence-corrected chi connectivity index (χ1v) is 13.3. The predicted molar refractivity (Wildman–Crippen MR) is 150 cm³/mol. The van der Waals surface area contributed by atoms with Gasteiger partial charge in [-0.3, -0.25) is 14.4 Å². The number of amides is 2. The number of para-hydroxylation sites is 2. The van der Waals surface area contributed by atoms with Gasteiger partial charge in [0, 0.05) is 31.4 Å². The molecule has 2 aliphatic heterocycles. The number of nitrogens with one attached hydrogen (secondary N) is 2. The Labute approximate surface area is 235 Å². The molecule has 3 N–H and O–H groups in total. The largest absolute Gasteiger partial charge is 0.481 e. The van der Waals surface area contributed by atoms with E-state index < -0.39 is 12.0 Å². The number of carboxylic acids is 1. The molecule has 1 aromatic heterocycles. The van der Waals surface area contributed by atoms with Gasteiger partial charge in [0.1, 0.15) is 11.9 Å². The maximum atomic E-state index is 13.4. The number of rotatable bonds is 8. The summed E-state index contributed by atoms with van der Waals surface area (Å²) in [6.45, 7) is 1.07. The first kappa shape index (κ1) is 26.2. The Bertz CT molecular complexity index is 1620. The minimum absolute atomic E-state index is 0.178. The molecule has 0 unspecified atom stereocenters. The van der Waals surface area contributed by atoms with E-state index in [1.165, 1.54) is 0 Å². The first-order chi connectivity index (χ1) is 19.8. The number of imidazole rings is 1. The highest BCUT2D eigenvalue weighted by molar-refractivity contribution is 5.95. The van der Waals surface area contributed by atoms with Crippen molar-refractivity contribution in [1.82, 2.24) is 19.8 Å². The van der Waals surface area contributed by atoms with Crippen LogP contribution in [0.3, 0.4) is 0 Å². The second-order valence-corrected chi connectivity index (χ2v) is 10.2. The van der Waals surface area contributed by atoms with Gasteiger partial charge in [-0.2, -0.15) is 0 Å². The van der Waals surface area contributed by atoms with Crippen molar-refractivity contribution in [3.05, 3.63) is 83.2 Å². The second-order valence-electron chi connectivity index (χ2n) is 10.2. The quantitative estimate of drug-likeness (QED) is 0.301. The van der Waals surface area contributed by atoms with Gasteiger partial charge < -0.3 is 34.7 Å². The molecule has 11 nitrogen and oxygen atoms in total. The number of carboxylic acid groups (broad SMARTS) is 1. The summed E-state index contributed by atoms with van der Waals surface area (Å²) >= 11 is 0. The van der Waals surface area contributed by atoms with Gasteiger partial charge in [0.05, 0.1) is 24.0 Å². The summed E-state index contributed by atoms with van der Waals surface area (Å²) in [6, 6.07) is 17.6. The molecular weight excluding hydrogens is 526 g/mol. The normalized spacial score (nSPS) is 15.8. The first-order valence-electron chi connectivity index (χ1n) is 13.3. The van der Waals surface area contributed by atoms with Crippen molar-refractivity contribution in [3.63, 3.8) is 0 Å². The summed E-state index contributed by atoms with van der Waals surface area (Å²) in [5.41, 5.74) is 4.53. The number of hydrogen-bond acceptors (Lipinski definition) is 7. The fourth-order valence-electron chi connectivity index (χ4n) is 5.21. The van der Waals surface area contributed by atoms with E-state index in [1.54, 1.807) is 35.0 Å². The minimum Gasteiger partial charge on any atom is -0.481 e. The number of fused-ring (bicyclic) bond motifs is 3. The van der Waals surface area contributed by atoms with Gasteiger partial charge in [0.2, 0.25) is 12.7 Å². The molecule has 41 heavy (non-hydrogen) atoms. The van der Waals surface area contributed by atoms with Crippen LogP contribution in [0.1, 0.15) is 33.7 Å². The van der Waals surface area contributed by atoms with Gasteiger partial charge in [-0.1, -0.05) is 18.2 Å². The van der Waals surface area contributed by atoms with E-state index in [0.717, 1.165) is 22.2 Å². The smallest absolute Gasteiger partial charge is 0.305 e. The summed E-state index contributed by atoms with van der Waals surface area (Å²) in [6.07, 6.45) is 0.177. The average molecular weight is 556 g/mol. The van der Waals surface area contributed by atoms with E-state index in [0.29, 0.717) is 48.1 Å². The number of ether oxygens (including phenoxy) is 2. The number of carbonyl (C=O) groups is 3. The molecule has 3 aromatic carbocycles. The molecule has 2 amide bonds. The summed E-state index contributed by atoms with van der Waals surface area (Å²) in [5.74, 6) is 0.443. The van der Waals surface area contributed by atoms with Crippen molar-refractivity contribution in [1.29, 1.82) is 0 Å². The molecule has 3 heterocycles. The van der Waals surface area contributed by atoms with E-state index in [-0.39, 0.29) is 31.6 Å². The Morgan fingerprint density at radius 1 is 1.10 bits per heavy atom. The highest BCUT2D eigenvalue weighted by Gasteiger charge is 2.31. The number of H-pyrrole nitrogens is 1. The van der Waals surface area contributed by atoms with Gasteiger partial charge in [-0.05, 0) is 60.0 Å². The van der Waals surface area contributed by atoms with Crippen molar-refractivity contribution >= 4 is 34.5 Å². The maximum absolute atomic E-state index is 13.4. The fourth-order valence-corrected chi connectivity index (χ4v) is 5.21. The third-order valence-corrected chi connectivity index (χ3v) is 7.31. The lowest BCUT2D eigenvalue weighted by molar-refractivity contribution is -0.141. The summed E-state index contributed by atoms with van der Waals surface area (Å²) < 4.78 is 10.8. The molecule has 210 valence electrons. The molecule has 1 atom stereocenters. The Morgan fingerprint density at radius 3 is 2.76 bits per heavy atom. The molecule has 0 saturated heterocycles.